The third kappa shape index (κ3) is 4.00. The Morgan fingerprint density at radius 3 is 2.95 bits per heavy atom. The van der Waals surface area contributed by atoms with Gasteiger partial charge in [0.1, 0.15) is 0 Å². The van der Waals surface area contributed by atoms with E-state index >= 15 is 0 Å². The van der Waals surface area contributed by atoms with E-state index in [0.29, 0.717) is 0 Å². The molecule has 0 radical (unpaired) electrons. The summed E-state index contributed by atoms with van der Waals surface area (Å²) in [4.78, 5) is 11.2. The van der Waals surface area contributed by atoms with Crippen LogP contribution in [0.5, 0.6) is 0 Å². The summed E-state index contributed by atoms with van der Waals surface area (Å²) in [6.07, 6.45) is 3.90. The van der Waals surface area contributed by atoms with E-state index in [2.05, 4.69) is 9.82 Å². The Morgan fingerprint density at radius 2 is 2.33 bits per heavy atom. The first-order valence-electron chi connectivity index (χ1n) is 5.84. The summed E-state index contributed by atoms with van der Waals surface area (Å²) in [5, 5.41) is 14.2. The fraction of sp³-hybridized carbons (Fsp3) is 0.167. The summed E-state index contributed by atoms with van der Waals surface area (Å²) >= 11 is 1.35. The number of aryl methyl sites for hydroxylation is 1. The van der Waals surface area contributed by atoms with E-state index in [1.807, 2.05) is 0 Å². The van der Waals surface area contributed by atoms with Crippen molar-refractivity contribution in [1.82, 2.24) is 14.5 Å². The minimum absolute atomic E-state index is 0.0880. The van der Waals surface area contributed by atoms with Crippen LogP contribution in [0.25, 0.3) is 6.08 Å². The number of carbonyl (C=O) groups is 1. The Bertz CT molecular complexity index is 774. The van der Waals surface area contributed by atoms with Crippen molar-refractivity contribution >= 4 is 33.4 Å². The van der Waals surface area contributed by atoms with E-state index in [1.54, 1.807) is 18.5 Å². The van der Waals surface area contributed by atoms with Crippen molar-refractivity contribution in [3.8, 4) is 0 Å². The number of hydrogen-bond donors (Lipinski definition) is 2. The van der Waals surface area contributed by atoms with Crippen LogP contribution in [0.15, 0.2) is 34.8 Å². The van der Waals surface area contributed by atoms with Crippen LogP contribution in [0.4, 0.5) is 0 Å². The second-order valence-electron chi connectivity index (χ2n) is 4.14. The van der Waals surface area contributed by atoms with Crippen LogP contribution in [0, 0.1) is 0 Å². The number of nitrogens with one attached hydrogen (secondary N) is 1. The van der Waals surface area contributed by atoms with Crippen LogP contribution < -0.4 is 4.72 Å². The molecule has 0 bridgehead atoms. The summed E-state index contributed by atoms with van der Waals surface area (Å²) in [5.41, 5.74) is 0.720. The molecule has 0 unspecified atom stereocenters. The molecule has 21 heavy (non-hydrogen) atoms. The maximum atomic E-state index is 12.1. The molecule has 2 rings (SSSR count). The molecule has 2 heterocycles. The maximum absolute atomic E-state index is 12.1. The van der Waals surface area contributed by atoms with E-state index in [0.717, 1.165) is 16.5 Å². The first-order chi connectivity index (χ1) is 9.88. The highest BCUT2D eigenvalue weighted by Gasteiger charge is 2.17. The lowest BCUT2D eigenvalue weighted by molar-refractivity contribution is -0.131. The Labute approximate surface area is 125 Å². The quantitative estimate of drug-likeness (QED) is 0.773. The van der Waals surface area contributed by atoms with Gasteiger partial charge in [0.15, 0.2) is 5.03 Å². The van der Waals surface area contributed by atoms with Gasteiger partial charge >= 0.3 is 5.97 Å². The molecule has 0 saturated carbocycles. The molecule has 0 atom stereocenters. The van der Waals surface area contributed by atoms with Gasteiger partial charge in [-0.2, -0.15) is 5.10 Å². The zero-order valence-electron chi connectivity index (χ0n) is 11.1. The third-order valence-corrected chi connectivity index (χ3v) is 5.01. The van der Waals surface area contributed by atoms with Crippen LogP contribution in [0.2, 0.25) is 0 Å². The minimum atomic E-state index is -3.62. The van der Waals surface area contributed by atoms with Crippen molar-refractivity contribution in [2.24, 2.45) is 7.05 Å². The van der Waals surface area contributed by atoms with Gasteiger partial charge in [-0.25, -0.2) is 17.9 Å². The molecule has 0 saturated heterocycles. The molecule has 7 nitrogen and oxygen atoms in total. The highest BCUT2D eigenvalue weighted by molar-refractivity contribution is 7.89. The Balaban J connectivity index is 2.04. The first kappa shape index (κ1) is 15.4. The van der Waals surface area contributed by atoms with Crippen LogP contribution in [0.3, 0.4) is 0 Å². The fourth-order valence-electron chi connectivity index (χ4n) is 1.61. The highest BCUT2D eigenvalue weighted by atomic mass is 32.2. The zero-order valence-corrected chi connectivity index (χ0v) is 12.7. The van der Waals surface area contributed by atoms with Crippen molar-refractivity contribution in [2.45, 2.75) is 11.6 Å². The predicted molar refractivity (Wildman–Crippen MR) is 78.2 cm³/mol. The van der Waals surface area contributed by atoms with Gasteiger partial charge in [0, 0.05) is 24.5 Å². The third-order valence-electron chi connectivity index (χ3n) is 2.58. The van der Waals surface area contributed by atoms with Gasteiger partial charge in [-0.3, -0.25) is 4.68 Å². The molecule has 112 valence electrons. The summed E-state index contributed by atoms with van der Waals surface area (Å²) in [6, 6.07) is 3.15. The number of hydrogen-bond acceptors (Lipinski definition) is 5. The van der Waals surface area contributed by atoms with Gasteiger partial charge in [-0.15, -0.1) is 11.3 Å². The lowest BCUT2D eigenvalue weighted by atomic mass is 10.3. The smallest absolute Gasteiger partial charge is 0.328 e. The lowest BCUT2D eigenvalue weighted by Crippen LogP contribution is -2.24. The van der Waals surface area contributed by atoms with Crippen LogP contribution >= 0.6 is 11.3 Å². The Kier molecular flexibility index (Phi) is 4.56. The van der Waals surface area contributed by atoms with Crippen LogP contribution in [0.1, 0.15) is 10.4 Å². The van der Waals surface area contributed by atoms with Crippen molar-refractivity contribution in [1.29, 1.82) is 0 Å². The van der Waals surface area contributed by atoms with Crippen molar-refractivity contribution in [2.75, 3.05) is 0 Å². The van der Waals surface area contributed by atoms with Gasteiger partial charge in [-0.1, -0.05) is 0 Å². The van der Waals surface area contributed by atoms with Crippen molar-refractivity contribution in [3.05, 3.63) is 40.2 Å². The highest BCUT2D eigenvalue weighted by Crippen LogP contribution is 2.17. The predicted octanol–water partition coefficient (Wildman–Crippen LogP) is 1.06. The maximum Gasteiger partial charge on any atom is 0.328 e. The van der Waals surface area contributed by atoms with Gasteiger partial charge in [0.05, 0.1) is 6.20 Å². The average molecular weight is 327 g/mol. The summed E-state index contributed by atoms with van der Waals surface area (Å²) in [6.45, 7) is 0.138. The number of thiophene rings is 1. The number of nitrogens with zero attached hydrogens (tertiary/aromatic N) is 2. The molecular weight excluding hydrogens is 314 g/mol. The fourth-order valence-corrected chi connectivity index (χ4v) is 3.62. The first-order valence-corrected chi connectivity index (χ1v) is 8.21. The normalized spacial score (nSPS) is 12.0. The second-order valence-corrected chi connectivity index (χ2v) is 6.85. The molecule has 2 aromatic rings. The standard InChI is InChI=1S/C12H13N3O4S2/c1-15-11(4-5-13-15)21(18,19)14-7-10-6-9(8-20-10)2-3-12(16)17/h2-6,8,14H,7H2,1H3,(H,16,17)/b3-2+. The molecule has 9 heteroatoms. The van der Waals surface area contributed by atoms with Crippen LogP contribution in [-0.2, 0) is 28.4 Å². The van der Waals surface area contributed by atoms with Crippen molar-refractivity contribution in [3.63, 3.8) is 0 Å². The molecule has 0 aliphatic rings. The summed E-state index contributed by atoms with van der Waals surface area (Å²) in [7, 11) is -2.07. The van der Waals surface area contributed by atoms with E-state index in [9.17, 15) is 13.2 Å². The SMILES string of the molecule is Cn1nccc1S(=O)(=O)NCc1cc(/C=C/C(=O)O)cs1. The molecule has 0 spiro atoms. The molecule has 0 amide bonds. The van der Waals surface area contributed by atoms with Crippen molar-refractivity contribution < 1.29 is 18.3 Å². The number of rotatable bonds is 6. The molecule has 2 aromatic heterocycles. The van der Waals surface area contributed by atoms with Gasteiger partial charge in [-0.05, 0) is 29.2 Å². The monoisotopic (exact) mass is 327 g/mol. The molecule has 2 N–H and O–H groups in total. The largest absolute Gasteiger partial charge is 0.478 e. The molecule has 0 aliphatic heterocycles. The number of sulfonamides is 1. The van der Waals surface area contributed by atoms with E-state index in [4.69, 9.17) is 5.11 Å². The van der Waals surface area contributed by atoms with Crippen LogP contribution in [-0.4, -0.2) is 29.3 Å². The van der Waals surface area contributed by atoms with Gasteiger partial charge in [0.25, 0.3) is 10.0 Å². The second kappa shape index (κ2) is 6.20. The van der Waals surface area contributed by atoms with E-state index in [1.165, 1.54) is 34.4 Å². The van der Waals surface area contributed by atoms with E-state index in [-0.39, 0.29) is 11.6 Å². The number of carboxylic acids is 1. The lowest BCUT2D eigenvalue weighted by Gasteiger charge is -2.05. The summed E-state index contributed by atoms with van der Waals surface area (Å²) < 4.78 is 27.9. The molecule has 0 aromatic carbocycles. The number of aromatic nitrogens is 2. The molecule has 0 aliphatic carbocycles. The number of carboxylic acid groups (broad SMARTS) is 1. The summed E-state index contributed by atoms with van der Waals surface area (Å²) in [5.74, 6) is -1.03. The Morgan fingerprint density at radius 1 is 1.57 bits per heavy atom. The van der Waals surface area contributed by atoms with Gasteiger partial charge in [0.2, 0.25) is 0 Å². The Hall–Kier alpha value is -1.97. The number of aliphatic carboxylic acids is 1. The molecular formula is C12H13N3O4S2. The zero-order chi connectivity index (χ0) is 15.5. The minimum Gasteiger partial charge on any atom is -0.478 e. The molecule has 0 fully saturated rings. The topological polar surface area (TPSA) is 101 Å². The van der Waals surface area contributed by atoms with Gasteiger partial charge < -0.3 is 5.11 Å². The average Bonchev–Trinajstić information content (AvgIpc) is 3.03. The van der Waals surface area contributed by atoms with E-state index < -0.39 is 16.0 Å².